The SMILES string of the molecule is Oc1cccc(OCCOc2cccc3c2CCCC3)c1. The lowest BCUT2D eigenvalue weighted by Crippen LogP contribution is -2.12. The average Bonchev–Trinajstić information content (AvgIpc) is 2.52. The molecule has 3 heteroatoms. The van der Waals surface area contributed by atoms with Crippen LogP contribution < -0.4 is 9.47 Å². The summed E-state index contributed by atoms with van der Waals surface area (Å²) < 4.78 is 11.4. The van der Waals surface area contributed by atoms with Gasteiger partial charge in [-0.05, 0) is 55.0 Å². The molecule has 1 N–H and O–H groups in total. The molecule has 21 heavy (non-hydrogen) atoms. The fraction of sp³-hybridized carbons (Fsp3) is 0.333. The van der Waals surface area contributed by atoms with Gasteiger partial charge in [-0.1, -0.05) is 18.2 Å². The summed E-state index contributed by atoms with van der Waals surface area (Å²) in [6.45, 7) is 0.971. The van der Waals surface area contributed by atoms with E-state index in [1.807, 2.05) is 12.1 Å². The Labute approximate surface area is 125 Å². The second kappa shape index (κ2) is 6.53. The summed E-state index contributed by atoms with van der Waals surface area (Å²) in [6.07, 6.45) is 4.79. The molecular formula is C18H20O3. The van der Waals surface area contributed by atoms with Crippen molar-refractivity contribution < 1.29 is 14.6 Å². The largest absolute Gasteiger partial charge is 0.508 e. The first-order valence-electron chi connectivity index (χ1n) is 7.48. The van der Waals surface area contributed by atoms with Crippen molar-refractivity contribution >= 4 is 0 Å². The van der Waals surface area contributed by atoms with Gasteiger partial charge in [-0.15, -0.1) is 0 Å². The average molecular weight is 284 g/mol. The van der Waals surface area contributed by atoms with E-state index in [9.17, 15) is 5.11 Å². The van der Waals surface area contributed by atoms with Crippen molar-refractivity contribution in [2.45, 2.75) is 25.7 Å². The van der Waals surface area contributed by atoms with Crippen LogP contribution in [0.1, 0.15) is 24.0 Å². The predicted octanol–water partition coefficient (Wildman–Crippen LogP) is 3.73. The van der Waals surface area contributed by atoms with E-state index in [0.29, 0.717) is 19.0 Å². The Hall–Kier alpha value is -2.16. The lowest BCUT2D eigenvalue weighted by molar-refractivity contribution is 0.215. The lowest BCUT2D eigenvalue weighted by Gasteiger charge is -2.19. The Balaban J connectivity index is 1.54. The van der Waals surface area contributed by atoms with Crippen molar-refractivity contribution in [3.63, 3.8) is 0 Å². The van der Waals surface area contributed by atoms with Gasteiger partial charge in [0.25, 0.3) is 0 Å². The molecule has 0 amide bonds. The maximum Gasteiger partial charge on any atom is 0.123 e. The van der Waals surface area contributed by atoms with Crippen LogP contribution in [0.3, 0.4) is 0 Å². The number of fused-ring (bicyclic) bond motifs is 1. The number of phenolic OH excluding ortho intramolecular Hbond substituents is 1. The minimum atomic E-state index is 0.213. The van der Waals surface area contributed by atoms with Crippen LogP contribution in [0.2, 0.25) is 0 Å². The molecule has 3 nitrogen and oxygen atoms in total. The molecule has 2 aromatic carbocycles. The molecule has 0 heterocycles. The first-order valence-corrected chi connectivity index (χ1v) is 7.48. The van der Waals surface area contributed by atoms with Gasteiger partial charge in [0.1, 0.15) is 30.5 Å². The van der Waals surface area contributed by atoms with Crippen LogP contribution in [0.5, 0.6) is 17.2 Å². The molecule has 2 aromatic rings. The summed E-state index contributed by atoms with van der Waals surface area (Å²) >= 11 is 0. The van der Waals surface area contributed by atoms with Crippen LogP contribution in [-0.4, -0.2) is 18.3 Å². The van der Waals surface area contributed by atoms with Gasteiger partial charge < -0.3 is 14.6 Å². The highest BCUT2D eigenvalue weighted by Gasteiger charge is 2.13. The number of phenols is 1. The normalized spacial score (nSPS) is 13.5. The predicted molar refractivity (Wildman–Crippen MR) is 82.2 cm³/mol. The first kappa shape index (κ1) is 13.8. The minimum Gasteiger partial charge on any atom is -0.508 e. The Morgan fingerprint density at radius 2 is 1.71 bits per heavy atom. The molecule has 0 aromatic heterocycles. The van der Waals surface area contributed by atoms with Gasteiger partial charge in [0.15, 0.2) is 0 Å². The monoisotopic (exact) mass is 284 g/mol. The maximum absolute atomic E-state index is 9.37. The number of rotatable bonds is 5. The third-order valence-corrected chi connectivity index (χ3v) is 3.78. The maximum atomic E-state index is 9.37. The molecule has 1 aliphatic carbocycles. The second-order valence-corrected chi connectivity index (χ2v) is 5.30. The van der Waals surface area contributed by atoms with Crippen molar-refractivity contribution in [2.75, 3.05) is 13.2 Å². The van der Waals surface area contributed by atoms with Gasteiger partial charge in [0.05, 0.1) is 0 Å². The smallest absolute Gasteiger partial charge is 0.123 e. The number of aryl methyl sites for hydroxylation is 1. The quantitative estimate of drug-likeness (QED) is 0.850. The first-order chi connectivity index (χ1) is 10.3. The molecule has 0 saturated carbocycles. The Bertz CT molecular complexity index is 607. The third kappa shape index (κ3) is 3.48. The van der Waals surface area contributed by atoms with E-state index < -0.39 is 0 Å². The zero-order valence-corrected chi connectivity index (χ0v) is 12.0. The van der Waals surface area contributed by atoms with Crippen LogP contribution >= 0.6 is 0 Å². The molecule has 0 aliphatic heterocycles. The van der Waals surface area contributed by atoms with Crippen LogP contribution in [0.4, 0.5) is 0 Å². The molecule has 0 spiro atoms. The number of hydrogen-bond acceptors (Lipinski definition) is 3. The molecule has 0 unspecified atom stereocenters. The summed E-state index contributed by atoms with van der Waals surface area (Å²) in [7, 11) is 0. The number of ether oxygens (including phenoxy) is 2. The van der Waals surface area contributed by atoms with E-state index in [1.54, 1.807) is 18.2 Å². The van der Waals surface area contributed by atoms with Crippen molar-refractivity contribution in [3.8, 4) is 17.2 Å². The van der Waals surface area contributed by atoms with Gasteiger partial charge in [0, 0.05) is 6.07 Å². The zero-order chi connectivity index (χ0) is 14.5. The molecule has 0 radical (unpaired) electrons. The van der Waals surface area contributed by atoms with Gasteiger partial charge in [-0.25, -0.2) is 0 Å². The zero-order valence-electron chi connectivity index (χ0n) is 12.0. The van der Waals surface area contributed by atoms with Crippen LogP contribution in [-0.2, 0) is 12.8 Å². The summed E-state index contributed by atoms with van der Waals surface area (Å²) in [5.74, 6) is 1.87. The highest BCUT2D eigenvalue weighted by atomic mass is 16.5. The van der Waals surface area contributed by atoms with Gasteiger partial charge in [-0.3, -0.25) is 0 Å². The number of hydrogen-bond donors (Lipinski definition) is 1. The van der Waals surface area contributed by atoms with Crippen LogP contribution in [0.15, 0.2) is 42.5 Å². The molecule has 3 rings (SSSR count). The Kier molecular flexibility index (Phi) is 4.29. The van der Waals surface area contributed by atoms with Crippen LogP contribution in [0, 0.1) is 0 Å². The highest BCUT2D eigenvalue weighted by Crippen LogP contribution is 2.29. The minimum absolute atomic E-state index is 0.213. The lowest BCUT2D eigenvalue weighted by atomic mass is 9.91. The van der Waals surface area contributed by atoms with Gasteiger partial charge >= 0.3 is 0 Å². The molecule has 110 valence electrons. The number of benzene rings is 2. The van der Waals surface area contributed by atoms with Crippen molar-refractivity contribution in [3.05, 3.63) is 53.6 Å². The van der Waals surface area contributed by atoms with E-state index in [0.717, 1.165) is 18.6 Å². The Morgan fingerprint density at radius 3 is 2.62 bits per heavy atom. The summed E-state index contributed by atoms with van der Waals surface area (Å²) in [5, 5.41) is 9.37. The van der Waals surface area contributed by atoms with E-state index in [-0.39, 0.29) is 5.75 Å². The Morgan fingerprint density at radius 1 is 0.905 bits per heavy atom. The molecule has 0 saturated heterocycles. The molecule has 0 bridgehead atoms. The van der Waals surface area contributed by atoms with E-state index in [2.05, 4.69) is 12.1 Å². The van der Waals surface area contributed by atoms with Crippen molar-refractivity contribution in [2.24, 2.45) is 0 Å². The van der Waals surface area contributed by atoms with E-state index >= 15 is 0 Å². The summed E-state index contributed by atoms with van der Waals surface area (Å²) in [5.41, 5.74) is 2.79. The summed E-state index contributed by atoms with van der Waals surface area (Å²) in [4.78, 5) is 0. The fourth-order valence-corrected chi connectivity index (χ4v) is 2.77. The van der Waals surface area contributed by atoms with E-state index in [4.69, 9.17) is 9.47 Å². The molecule has 0 fully saturated rings. The van der Waals surface area contributed by atoms with Gasteiger partial charge in [-0.2, -0.15) is 0 Å². The standard InChI is InChI=1S/C18H20O3/c19-15-7-4-8-16(13-15)20-11-12-21-18-10-3-6-14-5-1-2-9-17(14)18/h3-4,6-8,10,13,19H,1-2,5,9,11-12H2. The highest BCUT2D eigenvalue weighted by molar-refractivity contribution is 5.41. The van der Waals surface area contributed by atoms with Crippen LogP contribution in [0.25, 0.3) is 0 Å². The summed E-state index contributed by atoms with van der Waals surface area (Å²) in [6, 6.07) is 13.1. The molecule has 1 aliphatic rings. The second-order valence-electron chi connectivity index (χ2n) is 5.30. The molecule has 0 atom stereocenters. The fourth-order valence-electron chi connectivity index (χ4n) is 2.77. The molecular weight excluding hydrogens is 264 g/mol. The van der Waals surface area contributed by atoms with Crippen molar-refractivity contribution in [1.82, 2.24) is 0 Å². The topological polar surface area (TPSA) is 38.7 Å². The van der Waals surface area contributed by atoms with Crippen molar-refractivity contribution in [1.29, 1.82) is 0 Å². The third-order valence-electron chi connectivity index (χ3n) is 3.78. The van der Waals surface area contributed by atoms with Gasteiger partial charge in [0.2, 0.25) is 0 Å². The van der Waals surface area contributed by atoms with E-state index in [1.165, 1.54) is 24.0 Å². The number of aromatic hydroxyl groups is 1.